The van der Waals surface area contributed by atoms with E-state index in [4.69, 9.17) is 4.74 Å². The zero-order valence-corrected chi connectivity index (χ0v) is 32.7. The van der Waals surface area contributed by atoms with Crippen molar-refractivity contribution in [3.05, 3.63) is 234 Å². The smallest absolute Gasteiger partial charge is 0.140 e. The summed E-state index contributed by atoms with van der Waals surface area (Å²) >= 11 is 0. The summed E-state index contributed by atoms with van der Waals surface area (Å²) < 4.78 is 6.94. The van der Waals surface area contributed by atoms with Crippen LogP contribution in [0, 0.1) is 0 Å². The molecule has 0 amide bonds. The number of aryl methyl sites for hydroxylation is 1. The van der Waals surface area contributed by atoms with Crippen LogP contribution in [-0.4, -0.2) is 0 Å². The second-order valence-corrected chi connectivity index (χ2v) is 16.2. The molecule has 1 unspecified atom stereocenters. The van der Waals surface area contributed by atoms with E-state index in [-0.39, 0.29) is 0 Å². The molecule has 0 saturated heterocycles. The summed E-state index contributed by atoms with van der Waals surface area (Å²) in [7, 11) is 0. The largest absolute Gasteiger partial charge is 0.456 e. The molecule has 0 radical (unpaired) electrons. The van der Waals surface area contributed by atoms with Gasteiger partial charge in [0.1, 0.15) is 11.5 Å². The molecule has 12 rings (SSSR count). The maximum Gasteiger partial charge on any atom is 0.140 e. The minimum atomic E-state index is -0.588. The van der Waals surface area contributed by atoms with Crippen molar-refractivity contribution >= 4 is 27.8 Å². The van der Waals surface area contributed by atoms with Crippen LogP contribution >= 0.6 is 0 Å². The zero-order valence-electron chi connectivity index (χ0n) is 32.7. The van der Waals surface area contributed by atoms with Crippen molar-refractivity contribution in [2.75, 3.05) is 4.90 Å². The third-order valence-electron chi connectivity index (χ3n) is 13.1. The molecule has 2 nitrogen and oxygen atoms in total. The molecule has 1 heterocycles. The summed E-state index contributed by atoms with van der Waals surface area (Å²) in [5.74, 6) is 1.83. The van der Waals surface area contributed by atoms with Crippen LogP contribution in [-0.2, 0) is 18.3 Å². The van der Waals surface area contributed by atoms with E-state index in [2.05, 4.69) is 205 Å². The predicted octanol–water partition coefficient (Wildman–Crippen LogP) is 15.0. The number of anilines is 3. The predicted molar refractivity (Wildman–Crippen MR) is 244 cm³/mol. The Morgan fingerprint density at radius 2 is 1.05 bits per heavy atom. The Bertz CT molecular complexity index is 3070. The topological polar surface area (TPSA) is 12.5 Å². The van der Waals surface area contributed by atoms with Gasteiger partial charge in [0.15, 0.2) is 0 Å². The maximum absolute atomic E-state index is 6.94. The van der Waals surface area contributed by atoms with E-state index in [9.17, 15) is 0 Å². The fraction of sp³-hybridized carbons (Fsp3) is 0.0877. The lowest BCUT2D eigenvalue weighted by molar-refractivity contribution is 0.441. The first kappa shape index (κ1) is 33.9. The summed E-state index contributed by atoms with van der Waals surface area (Å²) in [6.45, 7) is 0. The van der Waals surface area contributed by atoms with Gasteiger partial charge in [-0.25, -0.2) is 0 Å². The molecule has 0 N–H and O–H groups in total. The van der Waals surface area contributed by atoms with Gasteiger partial charge in [0, 0.05) is 33.6 Å². The van der Waals surface area contributed by atoms with Crippen LogP contribution in [0.2, 0.25) is 0 Å². The lowest BCUT2D eigenvalue weighted by Crippen LogP contribution is -2.32. The highest BCUT2D eigenvalue weighted by molar-refractivity contribution is 5.97. The van der Waals surface area contributed by atoms with Crippen molar-refractivity contribution in [3.8, 4) is 44.9 Å². The summed E-state index contributed by atoms with van der Waals surface area (Å²) in [6, 6.07) is 73.8. The highest BCUT2D eigenvalue weighted by Gasteiger charge is 2.51. The lowest BCUT2D eigenvalue weighted by Gasteiger charge is -2.40. The Labute approximate surface area is 345 Å². The average Bonchev–Trinajstić information content (AvgIpc) is 3.59. The number of nitrogens with zero attached hydrogens (tertiary/aromatic N) is 1. The molecule has 0 bridgehead atoms. The van der Waals surface area contributed by atoms with Gasteiger partial charge < -0.3 is 9.64 Å². The number of benzene rings is 9. The van der Waals surface area contributed by atoms with Gasteiger partial charge >= 0.3 is 0 Å². The van der Waals surface area contributed by atoms with E-state index in [1.165, 1.54) is 91.4 Å². The Morgan fingerprint density at radius 3 is 1.90 bits per heavy atom. The molecule has 2 heteroatoms. The van der Waals surface area contributed by atoms with E-state index in [0.717, 1.165) is 40.4 Å². The van der Waals surface area contributed by atoms with Gasteiger partial charge in [-0.2, -0.15) is 0 Å². The first-order valence-electron chi connectivity index (χ1n) is 21.0. The van der Waals surface area contributed by atoms with E-state index in [0.29, 0.717) is 0 Å². The van der Waals surface area contributed by atoms with Gasteiger partial charge in [-0.05, 0) is 129 Å². The molecule has 0 aromatic heterocycles. The minimum absolute atomic E-state index is 0.588. The van der Waals surface area contributed by atoms with Gasteiger partial charge in [-0.15, -0.1) is 0 Å². The van der Waals surface area contributed by atoms with Gasteiger partial charge in [-0.1, -0.05) is 158 Å². The number of para-hydroxylation sites is 1. The number of rotatable bonds is 5. The first-order chi connectivity index (χ1) is 29.3. The summed E-state index contributed by atoms with van der Waals surface area (Å²) in [6.07, 6.45) is 4.87. The molecule has 1 atom stereocenters. The zero-order chi connectivity index (χ0) is 38.9. The highest BCUT2D eigenvalue weighted by atomic mass is 16.5. The van der Waals surface area contributed by atoms with Gasteiger partial charge in [0.05, 0.1) is 5.41 Å². The van der Waals surface area contributed by atoms with Gasteiger partial charge in [-0.3, -0.25) is 0 Å². The second kappa shape index (κ2) is 13.5. The van der Waals surface area contributed by atoms with E-state index < -0.39 is 5.41 Å². The molecule has 9 aromatic rings. The minimum Gasteiger partial charge on any atom is -0.456 e. The Hall–Kier alpha value is -7.16. The summed E-state index contributed by atoms with van der Waals surface area (Å²) in [4.78, 5) is 2.43. The second-order valence-electron chi connectivity index (χ2n) is 16.2. The van der Waals surface area contributed by atoms with Crippen molar-refractivity contribution in [1.29, 1.82) is 0 Å². The molecule has 9 aromatic carbocycles. The molecule has 1 aliphatic heterocycles. The highest BCUT2D eigenvalue weighted by Crippen LogP contribution is 2.63. The summed E-state index contributed by atoms with van der Waals surface area (Å²) in [5.41, 5.74) is 18.2. The van der Waals surface area contributed by atoms with Crippen molar-refractivity contribution < 1.29 is 4.74 Å². The quantitative estimate of drug-likeness (QED) is 0.173. The van der Waals surface area contributed by atoms with E-state index in [1.54, 1.807) is 0 Å². The Balaban J connectivity index is 1.07. The number of ether oxygens (including phenoxy) is 1. The van der Waals surface area contributed by atoms with Crippen molar-refractivity contribution in [2.45, 2.75) is 31.1 Å². The van der Waals surface area contributed by atoms with Crippen LogP contribution in [0.4, 0.5) is 17.1 Å². The fourth-order valence-electron chi connectivity index (χ4n) is 10.5. The molecule has 1 spiro atoms. The number of hydrogen-bond acceptors (Lipinski definition) is 2. The van der Waals surface area contributed by atoms with Gasteiger partial charge in [0.2, 0.25) is 0 Å². The van der Waals surface area contributed by atoms with E-state index in [1.807, 2.05) is 0 Å². The van der Waals surface area contributed by atoms with Crippen molar-refractivity contribution in [1.82, 2.24) is 0 Å². The number of fused-ring (bicyclic) bond motifs is 12. The molecular weight excluding hydrogens is 715 g/mol. The molecular formula is C57H41NO. The Kier molecular flexibility index (Phi) is 7.74. The van der Waals surface area contributed by atoms with Crippen LogP contribution < -0.4 is 9.64 Å². The lowest BCUT2D eigenvalue weighted by atomic mass is 9.65. The maximum atomic E-state index is 6.94. The van der Waals surface area contributed by atoms with Gasteiger partial charge in [0.25, 0.3) is 0 Å². The monoisotopic (exact) mass is 755 g/mol. The van der Waals surface area contributed by atoms with Crippen LogP contribution in [0.25, 0.3) is 44.2 Å². The SMILES string of the molecule is c1ccc(-c2ccc(N(c3ccc(-c4cccc5c4CCCC5)cc3)c3ccc4c(c3)C3(c5ccccc5Oc5c3ccc3ccccc53)c3ccccc3-4)cc2)cc1. The first-order valence-corrected chi connectivity index (χ1v) is 21.0. The molecule has 0 saturated carbocycles. The Morgan fingerprint density at radius 1 is 0.407 bits per heavy atom. The molecule has 280 valence electrons. The molecule has 3 aliphatic rings. The fourth-order valence-corrected chi connectivity index (χ4v) is 10.5. The normalized spacial score (nSPS) is 15.7. The average molecular weight is 756 g/mol. The molecule has 59 heavy (non-hydrogen) atoms. The third kappa shape index (κ3) is 5.19. The van der Waals surface area contributed by atoms with Crippen LogP contribution in [0.5, 0.6) is 11.5 Å². The van der Waals surface area contributed by atoms with Crippen LogP contribution in [0.1, 0.15) is 46.2 Å². The third-order valence-corrected chi connectivity index (χ3v) is 13.1. The van der Waals surface area contributed by atoms with E-state index >= 15 is 0 Å². The standard InChI is InChI=1S/C57H41NO/c1-2-13-38(14-3-1)39-25-30-43(31-26-39)58(44-32-27-42(28-33-44)47-21-12-17-40-15-4-6-18-46(40)47)45-34-35-50-49-20-8-9-22-51(49)57(54(50)37-45)52-23-10-11-24-55(52)59-56-48-19-7-5-16-41(48)29-36-53(56)57/h1-3,5,7-14,16-17,19-37H,4,6,15,18H2. The van der Waals surface area contributed by atoms with Crippen LogP contribution in [0.3, 0.4) is 0 Å². The molecule has 2 aliphatic carbocycles. The number of hydrogen-bond donors (Lipinski definition) is 0. The molecule has 0 fully saturated rings. The van der Waals surface area contributed by atoms with Crippen molar-refractivity contribution in [3.63, 3.8) is 0 Å². The van der Waals surface area contributed by atoms with Crippen molar-refractivity contribution in [2.24, 2.45) is 0 Å². The summed E-state index contributed by atoms with van der Waals surface area (Å²) in [5, 5.41) is 2.30. The van der Waals surface area contributed by atoms with Crippen LogP contribution in [0.15, 0.2) is 200 Å².